The van der Waals surface area contributed by atoms with Crippen LogP contribution in [0.3, 0.4) is 0 Å². The quantitative estimate of drug-likeness (QED) is 0.379. The third-order valence-electron chi connectivity index (χ3n) is 5.03. The van der Waals surface area contributed by atoms with E-state index in [2.05, 4.69) is 16.7 Å². The van der Waals surface area contributed by atoms with Gasteiger partial charge in [0.2, 0.25) is 0 Å². The van der Waals surface area contributed by atoms with Crippen molar-refractivity contribution in [2.24, 2.45) is 0 Å². The molecule has 2 heterocycles. The maximum absolute atomic E-state index is 14.9. The van der Waals surface area contributed by atoms with E-state index in [1.54, 1.807) is 16.8 Å². The van der Waals surface area contributed by atoms with Gasteiger partial charge in [0.05, 0.1) is 13.2 Å². The molecule has 0 unspecified atom stereocenters. The molecule has 3 aromatic rings. The highest BCUT2D eigenvalue weighted by molar-refractivity contribution is 7.99. The first-order chi connectivity index (χ1) is 14.0. The number of aromatic nitrogens is 3. The van der Waals surface area contributed by atoms with E-state index in [9.17, 15) is 8.78 Å². The highest BCUT2D eigenvalue weighted by Crippen LogP contribution is 2.52. The number of nitrogens with zero attached hydrogens (tertiary/aromatic N) is 3. The summed E-state index contributed by atoms with van der Waals surface area (Å²) in [6, 6.07) is 11.0. The average molecular weight is 434 g/mol. The van der Waals surface area contributed by atoms with Crippen LogP contribution in [0.4, 0.5) is 8.78 Å². The molecule has 1 aliphatic rings. The van der Waals surface area contributed by atoms with E-state index in [1.807, 2.05) is 18.2 Å². The van der Waals surface area contributed by atoms with Gasteiger partial charge in [-0.3, -0.25) is 0 Å². The third-order valence-corrected chi connectivity index (χ3v) is 6.35. The van der Waals surface area contributed by atoms with E-state index >= 15 is 0 Å². The van der Waals surface area contributed by atoms with Gasteiger partial charge in [-0.05, 0) is 17.7 Å². The molecular formula is C21H18ClF2N3OS. The van der Waals surface area contributed by atoms with Crippen molar-refractivity contribution in [3.8, 4) is 0 Å². The molecule has 0 bridgehead atoms. The van der Waals surface area contributed by atoms with Crippen LogP contribution in [-0.4, -0.2) is 27.1 Å². The molecule has 150 valence electrons. The monoisotopic (exact) mass is 433 g/mol. The van der Waals surface area contributed by atoms with Gasteiger partial charge in [-0.1, -0.05) is 53.7 Å². The second kappa shape index (κ2) is 8.26. The van der Waals surface area contributed by atoms with Crippen LogP contribution in [-0.2, 0) is 16.9 Å². The Kier molecular flexibility index (Phi) is 5.72. The minimum atomic E-state index is -1.08. The van der Waals surface area contributed by atoms with Gasteiger partial charge in [-0.2, -0.15) is 5.10 Å². The Bertz CT molecular complexity index is 1040. The van der Waals surface area contributed by atoms with Crippen molar-refractivity contribution in [1.82, 2.24) is 14.8 Å². The molecule has 4 nitrogen and oxygen atoms in total. The Morgan fingerprint density at radius 3 is 2.83 bits per heavy atom. The summed E-state index contributed by atoms with van der Waals surface area (Å²) in [7, 11) is 0. The van der Waals surface area contributed by atoms with Crippen LogP contribution in [0.5, 0.6) is 0 Å². The molecule has 2 atom stereocenters. The largest absolute Gasteiger partial charge is 0.367 e. The SMILES string of the molecule is C=CCSc1ncnn1C[C@@]1(c2ccc(F)cc2F)OC[C@@H]1c1ccccc1Cl. The summed E-state index contributed by atoms with van der Waals surface area (Å²) < 4.78 is 36.2. The number of ether oxygens (including phenoxy) is 1. The minimum Gasteiger partial charge on any atom is -0.367 e. The molecule has 0 N–H and O–H groups in total. The Morgan fingerprint density at radius 1 is 1.31 bits per heavy atom. The van der Waals surface area contributed by atoms with E-state index in [0.717, 1.165) is 11.6 Å². The normalized spacial score (nSPS) is 21.0. The molecule has 1 saturated heterocycles. The molecule has 1 aromatic heterocycles. The lowest BCUT2D eigenvalue weighted by molar-refractivity contribution is -0.191. The molecule has 0 aliphatic carbocycles. The van der Waals surface area contributed by atoms with E-state index in [0.29, 0.717) is 22.5 Å². The number of hydrogen-bond acceptors (Lipinski definition) is 4. The fourth-order valence-electron chi connectivity index (χ4n) is 3.64. The van der Waals surface area contributed by atoms with Gasteiger partial charge >= 0.3 is 0 Å². The molecule has 4 rings (SSSR count). The van der Waals surface area contributed by atoms with Crippen molar-refractivity contribution in [3.63, 3.8) is 0 Å². The second-order valence-electron chi connectivity index (χ2n) is 6.70. The fourth-order valence-corrected chi connectivity index (χ4v) is 4.55. The number of thioether (sulfide) groups is 1. The Hall–Kier alpha value is -2.22. The summed E-state index contributed by atoms with van der Waals surface area (Å²) in [6.07, 6.45) is 3.22. The van der Waals surface area contributed by atoms with Gasteiger partial charge in [-0.25, -0.2) is 18.4 Å². The predicted octanol–water partition coefficient (Wildman–Crippen LogP) is 5.20. The molecule has 0 spiro atoms. The Labute approximate surface area is 176 Å². The van der Waals surface area contributed by atoms with Gasteiger partial charge < -0.3 is 4.74 Å². The summed E-state index contributed by atoms with van der Waals surface area (Å²) in [5.74, 6) is -0.872. The molecule has 0 amide bonds. The maximum atomic E-state index is 14.9. The molecule has 29 heavy (non-hydrogen) atoms. The van der Waals surface area contributed by atoms with Crippen molar-refractivity contribution >= 4 is 23.4 Å². The van der Waals surface area contributed by atoms with Crippen molar-refractivity contribution in [2.45, 2.75) is 23.2 Å². The van der Waals surface area contributed by atoms with Crippen LogP contribution in [0.15, 0.2) is 66.6 Å². The predicted molar refractivity (Wildman–Crippen MR) is 109 cm³/mol. The summed E-state index contributed by atoms with van der Waals surface area (Å²) in [4.78, 5) is 4.27. The standard InChI is InChI=1S/C21H18ClF2N3OS/c1-2-9-29-20-25-13-26-27(20)12-21(16-8-7-14(23)10-19(16)24)17(11-28-21)15-5-3-4-6-18(15)22/h2-8,10,13,17H,1,9,11-12H2/t17-,21+/m1/s1. The van der Waals surface area contributed by atoms with E-state index in [4.69, 9.17) is 16.3 Å². The number of benzene rings is 2. The minimum absolute atomic E-state index is 0.213. The molecule has 1 fully saturated rings. The Morgan fingerprint density at radius 2 is 2.14 bits per heavy atom. The average Bonchev–Trinajstić information content (AvgIpc) is 3.12. The number of rotatable bonds is 7. The van der Waals surface area contributed by atoms with Gasteiger partial charge in [0, 0.05) is 28.3 Å². The zero-order valence-electron chi connectivity index (χ0n) is 15.4. The van der Waals surface area contributed by atoms with Crippen molar-refractivity contribution in [2.75, 3.05) is 12.4 Å². The van der Waals surface area contributed by atoms with Gasteiger partial charge in [0.15, 0.2) is 5.16 Å². The number of halogens is 3. The summed E-state index contributed by atoms with van der Waals surface area (Å²) in [6.45, 7) is 4.30. The van der Waals surface area contributed by atoms with Crippen LogP contribution in [0.25, 0.3) is 0 Å². The molecule has 8 heteroatoms. The van der Waals surface area contributed by atoms with Crippen LogP contribution in [0.1, 0.15) is 17.0 Å². The lowest BCUT2D eigenvalue weighted by atomic mass is 9.73. The fraction of sp³-hybridized carbons (Fsp3) is 0.238. The molecule has 1 aliphatic heterocycles. The van der Waals surface area contributed by atoms with E-state index < -0.39 is 17.2 Å². The zero-order chi connectivity index (χ0) is 20.4. The van der Waals surface area contributed by atoms with E-state index in [-0.39, 0.29) is 18.0 Å². The summed E-state index contributed by atoms with van der Waals surface area (Å²) >= 11 is 7.90. The van der Waals surface area contributed by atoms with Crippen molar-refractivity contribution in [1.29, 1.82) is 0 Å². The number of hydrogen-bond donors (Lipinski definition) is 0. The van der Waals surface area contributed by atoms with Crippen molar-refractivity contribution in [3.05, 3.63) is 89.2 Å². The first-order valence-electron chi connectivity index (χ1n) is 9.00. The highest BCUT2D eigenvalue weighted by Gasteiger charge is 2.53. The first kappa shape index (κ1) is 20.1. The lowest BCUT2D eigenvalue weighted by Gasteiger charge is -2.50. The zero-order valence-corrected chi connectivity index (χ0v) is 17.0. The molecule has 0 radical (unpaired) electrons. The topological polar surface area (TPSA) is 39.9 Å². The lowest BCUT2D eigenvalue weighted by Crippen LogP contribution is -2.52. The summed E-state index contributed by atoms with van der Waals surface area (Å²) in [5, 5.41) is 5.54. The van der Waals surface area contributed by atoms with Gasteiger partial charge in [0.25, 0.3) is 0 Å². The molecule has 2 aromatic carbocycles. The van der Waals surface area contributed by atoms with Crippen molar-refractivity contribution < 1.29 is 13.5 Å². The summed E-state index contributed by atoms with van der Waals surface area (Å²) in [5.41, 5.74) is 0.0368. The molecule has 0 saturated carbocycles. The third kappa shape index (κ3) is 3.70. The van der Waals surface area contributed by atoms with Crippen LogP contribution in [0.2, 0.25) is 5.02 Å². The van der Waals surface area contributed by atoms with Crippen LogP contribution >= 0.6 is 23.4 Å². The smallest absolute Gasteiger partial charge is 0.186 e. The van der Waals surface area contributed by atoms with Crippen LogP contribution in [0, 0.1) is 11.6 Å². The second-order valence-corrected chi connectivity index (χ2v) is 8.09. The van der Waals surface area contributed by atoms with Crippen LogP contribution < -0.4 is 0 Å². The molecular weight excluding hydrogens is 416 g/mol. The first-order valence-corrected chi connectivity index (χ1v) is 10.4. The maximum Gasteiger partial charge on any atom is 0.186 e. The van der Waals surface area contributed by atoms with Gasteiger partial charge in [0.1, 0.15) is 23.6 Å². The van der Waals surface area contributed by atoms with Gasteiger partial charge in [-0.15, -0.1) is 6.58 Å². The Balaban J connectivity index is 1.79. The highest BCUT2D eigenvalue weighted by atomic mass is 35.5. The van der Waals surface area contributed by atoms with E-state index in [1.165, 1.54) is 30.2 Å².